The largest absolute Gasteiger partial charge is 0.465 e. The molecule has 0 aliphatic heterocycles. The topological polar surface area (TPSA) is 68.5 Å². The van der Waals surface area contributed by atoms with E-state index in [1.807, 2.05) is 30.3 Å². The van der Waals surface area contributed by atoms with Crippen molar-refractivity contribution in [2.45, 2.75) is 142 Å². The first-order valence-corrected chi connectivity index (χ1v) is 22.0. The summed E-state index contributed by atoms with van der Waals surface area (Å²) in [5.74, 6) is -1.37. The van der Waals surface area contributed by atoms with Gasteiger partial charge in [0, 0.05) is 3.57 Å². The molecule has 0 amide bonds. The van der Waals surface area contributed by atoms with E-state index >= 15 is 0 Å². The van der Waals surface area contributed by atoms with Crippen LogP contribution in [0.5, 0.6) is 0 Å². The third-order valence-corrected chi connectivity index (χ3v) is 22.1. The van der Waals surface area contributed by atoms with Gasteiger partial charge in [-0.05, 0) is 91.6 Å². The molecule has 5 nitrogen and oxygen atoms in total. The summed E-state index contributed by atoms with van der Waals surface area (Å²) in [5, 5.41) is 9.27. The summed E-state index contributed by atoms with van der Waals surface area (Å²) >= 11 is 2.34. The van der Waals surface area contributed by atoms with Crippen LogP contribution in [0.2, 0.25) is 33.2 Å². The van der Waals surface area contributed by atoms with E-state index in [2.05, 4.69) is 130 Å². The highest BCUT2D eigenvalue weighted by atomic mass is 127. The fourth-order valence-corrected chi connectivity index (χ4v) is 18.5. The number of hydrogen-bond donors (Lipinski definition) is 0. The van der Waals surface area contributed by atoms with Gasteiger partial charge in [0.1, 0.15) is 0 Å². The second-order valence-electron chi connectivity index (χ2n) is 13.9. The summed E-state index contributed by atoms with van der Waals surface area (Å²) in [4.78, 5) is 11.9. The van der Waals surface area contributed by atoms with Gasteiger partial charge in [0.2, 0.25) is 16.6 Å². The maximum atomic E-state index is 11.9. The van der Waals surface area contributed by atoms with Crippen LogP contribution in [0.25, 0.3) is 0 Å². The minimum absolute atomic E-state index is 0.273. The van der Waals surface area contributed by atoms with Gasteiger partial charge in [0.05, 0.1) is 25.9 Å². The third-order valence-electron chi connectivity index (χ3n) is 9.27. The van der Waals surface area contributed by atoms with Gasteiger partial charge in [-0.2, -0.15) is 5.26 Å². The van der Waals surface area contributed by atoms with Gasteiger partial charge in [0.15, 0.2) is 5.92 Å². The number of hydrogen-bond acceptors (Lipinski definition) is 5. The second-order valence-corrected chi connectivity index (χ2v) is 26.1. The van der Waals surface area contributed by atoms with Crippen molar-refractivity contribution in [2.24, 2.45) is 0 Å². The average molecular weight is 766 g/mol. The lowest BCUT2D eigenvalue weighted by Crippen LogP contribution is -2.47. The Morgan fingerprint density at radius 1 is 0.667 bits per heavy atom. The summed E-state index contributed by atoms with van der Waals surface area (Å²) in [5.41, 5.74) is 6.57. The molecule has 0 aliphatic rings. The summed E-state index contributed by atoms with van der Waals surface area (Å²) in [6.45, 7) is 31.0. The molecule has 0 N–H and O–H groups in total. The van der Waals surface area contributed by atoms with Crippen molar-refractivity contribution >= 4 is 45.2 Å². The monoisotopic (exact) mass is 765 g/mol. The Balaban J connectivity index is 0.000000472. The van der Waals surface area contributed by atoms with E-state index in [1.54, 1.807) is 6.92 Å². The lowest BCUT2D eigenvalue weighted by molar-refractivity contribution is -0.143. The molecule has 0 bridgehead atoms. The Kier molecular flexibility index (Phi) is 17.8. The maximum Gasteiger partial charge on any atom is 0.327 e. The minimum Gasteiger partial charge on any atom is -0.465 e. The second kappa shape index (κ2) is 19.3. The number of rotatable bonds is 15. The summed E-state index contributed by atoms with van der Waals surface area (Å²) in [7, 11) is -3.63. The van der Waals surface area contributed by atoms with E-state index in [9.17, 15) is 10.1 Å². The quantitative estimate of drug-likeness (QED) is 0.103. The van der Waals surface area contributed by atoms with Crippen LogP contribution in [0.1, 0.15) is 113 Å². The molecule has 2 rings (SSSR count). The van der Waals surface area contributed by atoms with E-state index in [0.717, 1.165) is 12.2 Å². The molecule has 1 unspecified atom stereocenters. The fraction of sp³-hybridized carbons (Fsp3) is 0.622. The van der Waals surface area contributed by atoms with E-state index < -0.39 is 28.5 Å². The average Bonchev–Trinajstić information content (AvgIpc) is 2.95. The van der Waals surface area contributed by atoms with E-state index in [4.69, 9.17) is 13.6 Å². The lowest BCUT2D eigenvalue weighted by atomic mass is 9.99. The molecule has 0 radical (unpaired) electrons. The Morgan fingerprint density at radius 3 is 1.29 bits per heavy atom. The molecule has 1 atom stereocenters. The smallest absolute Gasteiger partial charge is 0.327 e. The highest BCUT2D eigenvalue weighted by Gasteiger charge is 2.46. The van der Waals surface area contributed by atoms with Crippen molar-refractivity contribution < 1.29 is 18.4 Å². The van der Waals surface area contributed by atoms with Crippen LogP contribution < -0.4 is 0 Å². The SMILES string of the molecule is CC(C)[Si](OCc1ccc(I)cc1)(C(C)C)C(C)C.CCOC(=O)C(C#N)c1ccc(CO[Si](C(C)C)(C(C)C)C(C)C)cc1. The first kappa shape index (κ1) is 41.5. The number of benzene rings is 2. The molecule has 0 saturated heterocycles. The van der Waals surface area contributed by atoms with Gasteiger partial charge in [-0.1, -0.05) is 119 Å². The summed E-state index contributed by atoms with van der Waals surface area (Å²) in [6, 6.07) is 18.2. The number of esters is 1. The molecule has 252 valence electrons. The molecule has 0 aromatic heterocycles. The number of nitriles is 1. The van der Waals surface area contributed by atoms with Gasteiger partial charge in [-0.3, -0.25) is 4.79 Å². The molecule has 8 heteroatoms. The van der Waals surface area contributed by atoms with Crippen LogP contribution in [0.15, 0.2) is 48.5 Å². The standard InChI is InChI=1S/C21H33NO3Si.C16H27IOSi/c1-8-24-21(23)20(13-22)19-11-9-18(10-12-19)14-25-26(15(2)3,16(4)5)17(6)7;1-12(2)19(13(3)4,14(5)6)18-11-15-7-9-16(17)10-8-15/h9-12,15-17,20H,8,14H2,1-7H3;7-10,12-14H,11H2,1-6H3. The molecule has 0 saturated carbocycles. The van der Waals surface area contributed by atoms with Gasteiger partial charge in [0.25, 0.3) is 0 Å². The van der Waals surface area contributed by atoms with Gasteiger partial charge >= 0.3 is 5.97 Å². The minimum atomic E-state index is -1.91. The van der Waals surface area contributed by atoms with Crippen molar-refractivity contribution in [3.8, 4) is 6.07 Å². The molecule has 0 aliphatic carbocycles. The number of carbonyl (C=O) groups is 1. The van der Waals surface area contributed by atoms with Crippen LogP contribution in [0.3, 0.4) is 0 Å². The zero-order valence-corrected chi connectivity index (χ0v) is 34.4. The van der Waals surface area contributed by atoms with Crippen LogP contribution in [-0.4, -0.2) is 29.2 Å². The van der Waals surface area contributed by atoms with Crippen LogP contribution in [0, 0.1) is 14.9 Å². The molecule has 0 spiro atoms. The maximum absolute atomic E-state index is 11.9. The highest BCUT2D eigenvalue weighted by molar-refractivity contribution is 14.1. The van der Waals surface area contributed by atoms with Gasteiger partial charge in [-0.25, -0.2) is 0 Å². The zero-order valence-electron chi connectivity index (χ0n) is 30.2. The Morgan fingerprint density at radius 2 is 1.00 bits per heavy atom. The van der Waals surface area contributed by atoms with Crippen LogP contribution in [0.4, 0.5) is 0 Å². The molecular formula is C37H60INO4Si2. The first-order valence-electron chi connectivity index (χ1n) is 16.7. The lowest BCUT2D eigenvalue weighted by Gasteiger charge is -2.42. The number of carbonyl (C=O) groups excluding carboxylic acids is 1. The molecule has 2 aromatic rings. The summed E-state index contributed by atoms with van der Waals surface area (Å²) < 4.78 is 19.4. The predicted octanol–water partition coefficient (Wildman–Crippen LogP) is 11.5. The fourth-order valence-electron chi connectivity index (χ4n) is 7.29. The number of halogens is 1. The Bertz CT molecular complexity index is 1140. The van der Waals surface area contributed by atoms with E-state index in [-0.39, 0.29) is 6.61 Å². The molecule has 0 heterocycles. The van der Waals surface area contributed by atoms with E-state index in [1.165, 1.54) is 9.13 Å². The van der Waals surface area contributed by atoms with Crippen molar-refractivity contribution in [3.05, 3.63) is 68.8 Å². The van der Waals surface area contributed by atoms with Crippen molar-refractivity contribution in [3.63, 3.8) is 0 Å². The third kappa shape index (κ3) is 11.0. The molecule has 2 aromatic carbocycles. The van der Waals surface area contributed by atoms with Gasteiger partial charge in [-0.15, -0.1) is 0 Å². The zero-order chi connectivity index (χ0) is 34.5. The molecule has 0 fully saturated rings. The molecule has 45 heavy (non-hydrogen) atoms. The first-order chi connectivity index (χ1) is 21.0. The number of ether oxygens (including phenoxy) is 1. The Hall–Kier alpha value is -1.52. The Labute approximate surface area is 291 Å². The van der Waals surface area contributed by atoms with Crippen molar-refractivity contribution in [2.75, 3.05) is 6.61 Å². The predicted molar refractivity (Wildman–Crippen MR) is 202 cm³/mol. The highest BCUT2D eigenvalue weighted by Crippen LogP contribution is 2.43. The number of nitrogens with zero attached hydrogens (tertiary/aromatic N) is 1. The molecular weight excluding hydrogens is 705 g/mol. The normalized spacial score (nSPS) is 13.0. The van der Waals surface area contributed by atoms with Crippen molar-refractivity contribution in [1.29, 1.82) is 5.26 Å². The summed E-state index contributed by atoms with van der Waals surface area (Å²) in [6.07, 6.45) is 0. The van der Waals surface area contributed by atoms with Gasteiger partial charge < -0.3 is 13.6 Å². The van der Waals surface area contributed by atoms with E-state index in [0.29, 0.717) is 45.4 Å². The van der Waals surface area contributed by atoms with Crippen LogP contribution >= 0.6 is 22.6 Å². The van der Waals surface area contributed by atoms with Crippen LogP contribution in [-0.2, 0) is 31.6 Å². The van der Waals surface area contributed by atoms with Crippen molar-refractivity contribution in [1.82, 2.24) is 0 Å².